The highest BCUT2D eigenvalue weighted by Crippen LogP contribution is 2.38. The maximum atomic E-state index is 13.0. The van der Waals surface area contributed by atoms with Crippen LogP contribution in [-0.2, 0) is 17.6 Å². The van der Waals surface area contributed by atoms with Crippen LogP contribution in [0.15, 0.2) is 42.6 Å². The van der Waals surface area contributed by atoms with E-state index in [-0.39, 0.29) is 11.8 Å². The average molecular weight is 439 g/mol. The molecule has 2 N–H and O–H groups in total. The first-order valence-corrected chi connectivity index (χ1v) is 11.3. The lowest BCUT2D eigenvalue weighted by Gasteiger charge is -2.13. The van der Waals surface area contributed by atoms with Gasteiger partial charge in [0.05, 0.1) is 11.3 Å². The van der Waals surface area contributed by atoms with Crippen molar-refractivity contribution in [3.05, 3.63) is 64.3 Å². The van der Waals surface area contributed by atoms with E-state index in [4.69, 9.17) is 4.74 Å². The molecule has 0 atom stereocenters. The second kappa shape index (κ2) is 9.89. The van der Waals surface area contributed by atoms with Crippen LogP contribution in [0.1, 0.15) is 50.5 Å². The van der Waals surface area contributed by atoms with Crippen molar-refractivity contribution in [3.63, 3.8) is 0 Å². The number of para-hydroxylation sites is 1. The molecule has 7 nitrogen and oxygen atoms in total. The fourth-order valence-corrected chi connectivity index (χ4v) is 5.02. The van der Waals surface area contributed by atoms with E-state index in [1.165, 1.54) is 16.2 Å². The highest BCUT2D eigenvalue weighted by Gasteiger charge is 2.26. The van der Waals surface area contributed by atoms with Crippen LogP contribution in [0.5, 0.6) is 0 Å². The number of thiophene rings is 1. The third kappa shape index (κ3) is 4.86. The molecule has 4 rings (SSSR count). The number of rotatable bonds is 8. The zero-order chi connectivity index (χ0) is 21.6. The van der Waals surface area contributed by atoms with Crippen molar-refractivity contribution in [3.8, 4) is 5.69 Å². The topological polar surface area (TPSA) is 85.3 Å². The molecule has 8 heteroatoms. The molecule has 0 radical (unpaired) electrons. The van der Waals surface area contributed by atoms with E-state index in [2.05, 4.69) is 15.7 Å². The van der Waals surface area contributed by atoms with E-state index >= 15 is 0 Å². The molecule has 0 fully saturated rings. The Hall–Kier alpha value is -2.97. The molecule has 162 valence electrons. The number of carbonyl (C=O) groups excluding carboxylic acids is 2. The molecule has 1 aliphatic rings. The van der Waals surface area contributed by atoms with Crippen LogP contribution in [0.4, 0.5) is 5.00 Å². The Balaban J connectivity index is 1.54. The smallest absolute Gasteiger partial charge is 0.276 e. The first kappa shape index (κ1) is 21.3. The van der Waals surface area contributed by atoms with Gasteiger partial charge in [-0.15, -0.1) is 11.3 Å². The van der Waals surface area contributed by atoms with Crippen LogP contribution in [0, 0.1) is 0 Å². The summed E-state index contributed by atoms with van der Waals surface area (Å²) in [6.07, 6.45) is 6.48. The molecule has 0 saturated heterocycles. The van der Waals surface area contributed by atoms with E-state index in [9.17, 15) is 9.59 Å². The second-order valence-electron chi connectivity index (χ2n) is 7.45. The van der Waals surface area contributed by atoms with Gasteiger partial charge < -0.3 is 15.4 Å². The van der Waals surface area contributed by atoms with Crippen LogP contribution in [0.3, 0.4) is 0 Å². The summed E-state index contributed by atoms with van der Waals surface area (Å²) in [7, 11) is 1.64. The predicted molar refractivity (Wildman–Crippen MR) is 121 cm³/mol. The number of hydrogen-bond acceptors (Lipinski definition) is 5. The fourth-order valence-electron chi connectivity index (χ4n) is 3.74. The Bertz CT molecular complexity index is 1060. The summed E-state index contributed by atoms with van der Waals surface area (Å²) >= 11 is 1.51. The number of nitrogens with zero attached hydrogens (tertiary/aromatic N) is 2. The molecule has 2 aromatic heterocycles. The molecular weight excluding hydrogens is 412 g/mol. The van der Waals surface area contributed by atoms with Gasteiger partial charge in [-0.05, 0) is 55.9 Å². The van der Waals surface area contributed by atoms with Gasteiger partial charge >= 0.3 is 0 Å². The minimum absolute atomic E-state index is 0.138. The lowest BCUT2D eigenvalue weighted by molar-refractivity contribution is 0.0948. The maximum absolute atomic E-state index is 13.0. The number of ether oxygens (including phenoxy) is 1. The Morgan fingerprint density at radius 3 is 2.74 bits per heavy atom. The van der Waals surface area contributed by atoms with E-state index in [1.807, 2.05) is 30.3 Å². The summed E-state index contributed by atoms with van der Waals surface area (Å²) in [5, 5.41) is 10.9. The van der Waals surface area contributed by atoms with Gasteiger partial charge in [-0.3, -0.25) is 9.59 Å². The molecule has 1 aromatic carbocycles. The number of methoxy groups -OCH3 is 1. The molecule has 1 aliphatic carbocycles. The normalized spacial score (nSPS) is 12.9. The largest absolute Gasteiger partial charge is 0.385 e. The van der Waals surface area contributed by atoms with Gasteiger partial charge in [0.1, 0.15) is 5.00 Å². The lowest BCUT2D eigenvalue weighted by atomic mass is 9.95. The summed E-state index contributed by atoms with van der Waals surface area (Å²) in [6, 6.07) is 11.3. The van der Waals surface area contributed by atoms with Gasteiger partial charge in [-0.25, -0.2) is 4.68 Å². The zero-order valence-electron chi connectivity index (χ0n) is 17.5. The lowest BCUT2D eigenvalue weighted by Crippen LogP contribution is -2.27. The summed E-state index contributed by atoms with van der Waals surface area (Å²) in [6.45, 7) is 1.13. The number of anilines is 1. The van der Waals surface area contributed by atoms with E-state index < -0.39 is 0 Å². The molecule has 0 bridgehead atoms. The van der Waals surface area contributed by atoms with Crippen LogP contribution in [0.25, 0.3) is 5.69 Å². The number of carbonyl (C=O) groups is 2. The predicted octanol–water partition coefficient (Wildman–Crippen LogP) is 3.83. The highest BCUT2D eigenvalue weighted by molar-refractivity contribution is 7.17. The summed E-state index contributed by atoms with van der Waals surface area (Å²) in [5.41, 5.74) is 2.87. The Labute approximate surface area is 185 Å². The molecule has 2 amide bonds. The van der Waals surface area contributed by atoms with Crippen molar-refractivity contribution >= 4 is 28.2 Å². The van der Waals surface area contributed by atoms with Gasteiger partial charge in [0.15, 0.2) is 5.69 Å². The number of aromatic nitrogens is 2. The van der Waals surface area contributed by atoms with Gasteiger partial charge in [0.25, 0.3) is 11.8 Å². The van der Waals surface area contributed by atoms with Crippen molar-refractivity contribution in [2.24, 2.45) is 0 Å². The average Bonchev–Trinajstić information content (AvgIpc) is 3.42. The molecule has 0 spiro atoms. The number of amides is 2. The minimum atomic E-state index is -0.318. The fraction of sp³-hybridized carbons (Fsp3) is 0.348. The van der Waals surface area contributed by atoms with Crippen molar-refractivity contribution in [2.75, 3.05) is 25.6 Å². The molecule has 3 aromatic rings. The minimum Gasteiger partial charge on any atom is -0.385 e. The standard InChI is InChI=1S/C23H26N4O3S/c1-30-15-7-13-24-22(29)20-17-10-5-6-11-19(17)31-23(20)25-21(28)18-12-14-27(26-18)16-8-3-2-4-9-16/h2-4,8-9,12,14H,5-7,10-11,13,15H2,1H3,(H,24,29)(H,25,28). The number of nitrogens with one attached hydrogen (secondary N) is 2. The Morgan fingerprint density at radius 1 is 1.13 bits per heavy atom. The number of aryl methyl sites for hydroxylation is 1. The zero-order valence-corrected chi connectivity index (χ0v) is 18.3. The van der Waals surface area contributed by atoms with Gasteiger partial charge in [0, 0.05) is 31.3 Å². The SMILES string of the molecule is COCCCNC(=O)c1c(NC(=O)c2ccn(-c3ccccc3)n2)sc2c1CCCC2. The molecule has 0 aliphatic heterocycles. The molecular formula is C23H26N4O3S. The third-order valence-electron chi connectivity index (χ3n) is 5.28. The number of hydrogen-bond donors (Lipinski definition) is 2. The van der Waals surface area contributed by atoms with Crippen molar-refractivity contribution in [1.29, 1.82) is 0 Å². The summed E-state index contributed by atoms with van der Waals surface area (Å²) in [4.78, 5) is 27.1. The van der Waals surface area contributed by atoms with Gasteiger partial charge in [-0.1, -0.05) is 18.2 Å². The number of fused-ring (bicyclic) bond motifs is 1. The third-order valence-corrected chi connectivity index (χ3v) is 6.49. The van der Waals surface area contributed by atoms with Crippen molar-refractivity contribution < 1.29 is 14.3 Å². The van der Waals surface area contributed by atoms with Crippen LogP contribution < -0.4 is 10.6 Å². The quantitative estimate of drug-likeness (QED) is 0.524. The van der Waals surface area contributed by atoms with Crippen LogP contribution >= 0.6 is 11.3 Å². The van der Waals surface area contributed by atoms with Crippen LogP contribution in [-0.4, -0.2) is 41.9 Å². The summed E-state index contributed by atoms with van der Waals surface area (Å²) in [5.74, 6) is -0.456. The summed E-state index contributed by atoms with van der Waals surface area (Å²) < 4.78 is 6.71. The monoisotopic (exact) mass is 438 g/mol. The molecule has 31 heavy (non-hydrogen) atoms. The van der Waals surface area contributed by atoms with Gasteiger partial charge in [0.2, 0.25) is 0 Å². The first-order chi connectivity index (χ1) is 15.2. The van der Waals surface area contributed by atoms with E-state index in [1.54, 1.807) is 24.1 Å². The molecule has 2 heterocycles. The molecule has 0 saturated carbocycles. The van der Waals surface area contributed by atoms with Crippen molar-refractivity contribution in [1.82, 2.24) is 15.1 Å². The van der Waals surface area contributed by atoms with Crippen LogP contribution in [0.2, 0.25) is 0 Å². The van der Waals surface area contributed by atoms with Gasteiger partial charge in [-0.2, -0.15) is 5.10 Å². The second-order valence-corrected chi connectivity index (χ2v) is 8.56. The Morgan fingerprint density at radius 2 is 1.94 bits per heavy atom. The van der Waals surface area contributed by atoms with E-state index in [0.717, 1.165) is 43.4 Å². The first-order valence-electron chi connectivity index (χ1n) is 10.5. The molecule has 0 unspecified atom stereocenters. The van der Waals surface area contributed by atoms with E-state index in [0.29, 0.717) is 29.4 Å². The highest BCUT2D eigenvalue weighted by atomic mass is 32.1. The Kier molecular flexibility index (Phi) is 6.79. The maximum Gasteiger partial charge on any atom is 0.276 e. The van der Waals surface area contributed by atoms with Crippen molar-refractivity contribution in [2.45, 2.75) is 32.1 Å². The number of benzene rings is 1.